The van der Waals surface area contributed by atoms with E-state index in [1.165, 1.54) is 38.6 Å². The third kappa shape index (κ3) is 4.44. The molecule has 6 nitrogen and oxygen atoms in total. The first-order valence-corrected chi connectivity index (χ1v) is 10.7. The average molecular weight is 376 g/mol. The van der Waals surface area contributed by atoms with Crippen molar-refractivity contribution >= 4 is 5.95 Å². The van der Waals surface area contributed by atoms with Crippen molar-refractivity contribution in [1.29, 1.82) is 0 Å². The summed E-state index contributed by atoms with van der Waals surface area (Å²) in [6.07, 6.45) is 9.12. The van der Waals surface area contributed by atoms with Crippen LogP contribution < -0.4 is 10.6 Å². The van der Waals surface area contributed by atoms with Gasteiger partial charge in [-0.15, -0.1) is 0 Å². The fourth-order valence-electron chi connectivity index (χ4n) is 4.66. The zero-order chi connectivity index (χ0) is 18.9. The second-order valence-corrected chi connectivity index (χ2v) is 9.50. The second kappa shape index (κ2) is 8.02. The van der Waals surface area contributed by atoms with E-state index in [1.54, 1.807) is 0 Å². The predicted octanol–water partition coefficient (Wildman–Crippen LogP) is 1.86. The van der Waals surface area contributed by atoms with Gasteiger partial charge in [-0.2, -0.15) is 0 Å². The maximum atomic E-state index is 6.14. The topological polar surface area (TPSA) is 72.9 Å². The number of hydrogen-bond donors (Lipinski definition) is 2. The van der Waals surface area contributed by atoms with Crippen molar-refractivity contribution in [3.63, 3.8) is 0 Å². The van der Waals surface area contributed by atoms with Gasteiger partial charge >= 0.3 is 0 Å². The molecule has 0 unspecified atom stereocenters. The largest absolute Gasteiger partial charge is 0.367 e. The maximum Gasteiger partial charge on any atom is 0.223 e. The lowest BCUT2D eigenvalue weighted by Gasteiger charge is -2.22. The molecule has 4 atom stereocenters. The van der Waals surface area contributed by atoms with Gasteiger partial charge in [0.25, 0.3) is 0 Å². The van der Waals surface area contributed by atoms with Crippen molar-refractivity contribution in [2.24, 2.45) is 5.92 Å². The van der Waals surface area contributed by atoms with E-state index in [1.807, 2.05) is 12.3 Å². The summed E-state index contributed by atoms with van der Waals surface area (Å²) in [7, 11) is 0. The van der Waals surface area contributed by atoms with E-state index < -0.39 is 0 Å². The molecule has 0 aromatic carbocycles. The fraction of sp³-hybridized carbons (Fsp3) is 0.810. The van der Waals surface area contributed by atoms with Crippen molar-refractivity contribution < 1.29 is 14.8 Å². The number of quaternary nitrogens is 1. The smallest absolute Gasteiger partial charge is 0.223 e. The van der Waals surface area contributed by atoms with Gasteiger partial charge in [-0.3, -0.25) is 0 Å². The quantitative estimate of drug-likeness (QED) is 0.822. The standard InChI is InChI=1S/C21H34N4O2/c1-21(2,3)17-9-10-22-20(25-17)24-16-13-27-18-15(12-26-19(16)18)23-11-14-7-5-4-6-8-14/h9-10,14-16,18-19,23H,4-8,11-13H2,1-3H3,(H,22,24,25)/p+1/t15-,16-,18+,19+/m0/s1. The van der Waals surface area contributed by atoms with E-state index in [9.17, 15) is 0 Å². The molecule has 1 aromatic rings. The van der Waals surface area contributed by atoms with Gasteiger partial charge in [0, 0.05) is 17.5 Å². The van der Waals surface area contributed by atoms with Crippen LogP contribution in [0.25, 0.3) is 0 Å². The Morgan fingerprint density at radius 3 is 2.67 bits per heavy atom. The van der Waals surface area contributed by atoms with Crippen LogP contribution in [0.2, 0.25) is 0 Å². The molecule has 3 fully saturated rings. The Hall–Kier alpha value is -1.24. The van der Waals surface area contributed by atoms with E-state index in [0.29, 0.717) is 18.6 Å². The summed E-state index contributed by atoms with van der Waals surface area (Å²) < 4.78 is 12.3. The number of rotatable bonds is 5. The van der Waals surface area contributed by atoms with Crippen molar-refractivity contribution in [2.75, 3.05) is 25.1 Å². The minimum absolute atomic E-state index is 0.0110. The highest BCUT2D eigenvalue weighted by molar-refractivity contribution is 5.30. The van der Waals surface area contributed by atoms with Gasteiger partial charge in [-0.1, -0.05) is 40.0 Å². The molecule has 1 saturated carbocycles. The minimum Gasteiger partial charge on any atom is -0.367 e. The SMILES string of the molecule is CC(C)(C)c1ccnc(N[C@H]2CO[C@H]3[C@@H]2OC[C@@H]3[NH2+]CC2CCCCC2)n1. The fourth-order valence-corrected chi connectivity index (χ4v) is 4.66. The molecular formula is C21H35N4O2+. The van der Waals surface area contributed by atoms with Crippen LogP contribution in [0.15, 0.2) is 12.3 Å². The number of nitrogens with two attached hydrogens (primary N) is 1. The van der Waals surface area contributed by atoms with Crippen LogP contribution in [-0.4, -0.2) is 54.0 Å². The lowest BCUT2D eigenvalue weighted by molar-refractivity contribution is -0.698. The highest BCUT2D eigenvalue weighted by Crippen LogP contribution is 2.28. The Morgan fingerprint density at radius 1 is 1.11 bits per heavy atom. The number of aromatic nitrogens is 2. The normalized spacial score (nSPS) is 31.8. The molecular weight excluding hydrogens is 340 g/mol. The summed E-state index contributed by atoms with van der Waals surface area (Å²) in [6, 6.07) is 2.53. The molecule has 0 amide bonds. The Balaban J connectivity index is 1.32. The molecule has 2 aliphatic heterocycles. The van der Waals surface area contributed by atoms with Crippen LogP contribution in [0.5, 0.6) is 0 Å². The van der Waals surface area contributed by atoms with E-state index in [0.717, 1.165) is 18.2 Å². The molecule has 0 radical (unpaired) electrons. The molecule has 150 valence electrons. The molecule has 4 rings (SSSR count). The average Bonchev–Trinajstić information content (AvgIpc) is 3.24. The number of fused-ring (bicyclic) bond motifs is 1. The van der Waals surface area contributed by atoms with E-state index in [-0.39, 0.29) is 23.7 Å². The van der Waals surface area contributed by atoms with Gasteiger partial charge in [0.2, 0.25) is 5.95 Å². The van der Waals surface area contributed by atoms with Crippen LogP contribution in [0.1, 0.15) is 58.6 Å². The Labute approximate surface area is 162 Å². The minimum atomic E-state index is 0.0110. The Kier molecular flexibility index (Phi) is 5.67. The van der Waals surface area contributed by atoms with Gasteiger partial charge in [0.15, 0.2) is 0 Å². The van der Waals surface area contributed by atoms with Crippen LogP contribution in [0.4, 0.5) is 5.95 Å². The summed E-state index contributed by atoms with van der Waals surface area (Å²) in [5, 5.41) is 5.95. The van der Waals surface area contributed by atoms with Crippen LogP contribution >= 0.6 is 0 Å². The zero-order valence-corrected chi connectivity index (χ0v) is 17.0. The first-order valence-electron chi connectivity index (χ1n) is 10.7. The van der Waals surface area contributed by atoms with Crippen LogP contribution in [-0.2, 0) is 14.9 Å². The van der Waals surface area contributed by atoms with Crippen molar-refractivity contribution in [3.05, 3.63) is 18.0 Å². The Morgan fingerprint density at radius 2 is 1.89 bits per heavy atom. The van der Waals surface area contributed by atoms with Gasteiger partial charge in [-0.25, -0.2) is 9.97 Å². The summed E-state index contributed by atoms with van der Waals surface area (Å²) in [6.45, 7) is 9.16. The van der Waals surface area contributed by atoms with E-state index in [4.69, 9.17) is 14.5 Å². The third-order valence-corrected chi connectivity index (χ3v) is 6.33. The lowest BCUT2D eigenvalue weighted by atomic mass is 9.89. The molecule has 1 aromatic heterocycles. The zero-order valence-electron chi connectivity index (χ0n) is 17.0. The van der Waals surface area contributed by atoms with Gasteiger partial charge in [-0.05, 0) is 18.9 Å². The Bertz CT molecular complexity index is 627. The highest BCUT2D eigenvalue weighted by Gasteiger charge is 2.50. The van der Waals surface area contributed by atoms with Gasteiger partial charge in [0.1, 0.15) is 24.9 Å². The maximum absolute atomic E-state index is 6.14. The molecule has 3 aliphatic rings. The summed E-state index contributed by atoms with van der Waals surface area (Å²) in [4.78, 5) is 9.10. The predicted molar refractivity (Wildman–Crippen MR) is 105 cm³/mol. The molecule has 1 aliphatic carbocycles. The third-order valence-electron chi connectivity index (χ3n) is 6.33. The van der Waals surface area contributed by atoms with Crippen molar-refractivity contribution in [3.8, 4) is 0 Å². The summed E-state index contributed by atoms with van der Waals surface area (Å²) in [5.41, 5.74) is 1.05. The lowest BCUT2D eigenvalue weighted by Crippen LogP contribution is -2.93. The second-order valence-electron chi connectivity index (χ2n) is 9.50. The van der Waals surface area contributed by atoms with Crippen LogP contribution in [0.3, 0.4) is 0 Å². The number of anilines is 1. The highest BCUT2D eigenvalue weighted by atomic mass is 16.6. The molecule has 27 heavy (non-hydrogen) atoms. The van der Waals surface area contributed by atoms with E-state index >= 15 is 0 Å². The molecule has 6 heteroatoms. The molecule has 0 bridgehead atoms. The van der Waals surface area contributed by atoms with E-state index in [2.05, 4.69) is 36.4 Å². The molecule has 2 saturated heterocycles. The van der Waals surface area contributed by atoms with Gasteiger partial charge in [0.05, 0.1) is 24.9 Å². The number of nitrogens with one attached hydrogen (secondary N) is 1. The van der Waals surface area contributed by atoms with Crippen molar-refractivity contribution in [1.82, 2.24) is 9.97 Å². The number of nitrogens with zero attached hydrogens (tertiary/aromatic N) is 2. The van der Waals surface area contributed by atoms with Crippen LogP contribution in [0, 0.1) is 5.92 Å². The first kappa shape index (κ1) is 19.1. The molecule has 0 spiro atoms. The van der Waals surface area contributed by atoms with Crippen molar-refractivity contribution in [2.45, 2.75) is 82.6 Å². The number of ether oxygens (including phenoxy) is 2. The molecule has 3 heterocycles. The van der Waals surface area contributed by atoms with Gasteiger partial charge < -0.3 is 20.1 Å². The summed E-state index contributed by atoms with van der Waals surface area (Å²) in [5.74, 6) is 1.55. The number of hydrogen-bond acceptors (Lipinski definition) is 5. The first-order chi connectivity index (χ1) is 13.0. The molecule has 3 N–H and O–H groups in total. The monoisotopic (exact) mass is 375 g/mol. The summed E-state index contributed by atoms with van der Waals surface area (Å²) >= 11 is 0.